The van der Waals surface area contributed by atoms with Crippen molar-refractivity contribution in [2.45, 2.75) is 0 Å². The topological polar surface area (TPSA) is 56.0 Å². The van der Waals surface area contributed by atoms with E-state index in [0.717, 1.165) is 16.6 Å². The second kappa shape index (κ2) is 2.22. The summed E-state index contributed by atoms with van der Waals surface area (Å²) in [6, 6.07) is 3.85. The lowest BCUT2D eigenvalue weighted by molar-refractivity contribution is 0.878. The Morgan fingerprint density at radius 3 is 3.15 bits per heavy atom. The van der Waals surface area contributed by atoms with Gasteiger partial charge < -0.3 is 0 Å². The van der Waals surface area contributed by atoms with Gasteiger partial charge in [0.15, 0.2) is 0 Å². The van der Waals surface area contributed by atoms with Crippen LogP contribution >= 0.6 is 0 Å². The highest BCUT2D eigenvalue weighted by molar-refractivity contribution is 5.76. The number of rotatable bonds is 0. The third-order valence-corrected chi connectivity index (χ3v) is 1.94. The van der Waals surface area contributed by atoms with Crippen LogP contribution in [0.5, 0.6) is 0 Å². The molecule has 5 nitrogen and oxygen atoms in total. The zero-order valence-corrected chi connectivity index (χ0v) is 6.62. The molecule has 3 aromatic heterocycles. The van der Waals surface area contributed by atoms with Crippen molar-refractivity contribution < 1.29 is 0 Å². The summed E-state index contributed by atoms with van der Waals surface area (Å²) >= 11 is 0. The summed E-state index contributed by atoms with van der Waals surface area (Å²) in [5.41, 5.74) is 2.69. The summed E-state index contributed by atoms with van der Waals surface area (Å²) in [5.74, 6) is 0. The van der Waals surface area contributed by atoms with E-state index in [1.807, 2.05) is 12.1 Å². The third-order valence-electron chi connectivity index (χ3n) is 1.94. The Labute approximate surface area is 73.0 Å². The molecule has 0 N–H and O–H groups in total. The second-order valence-electron chi connectivity index (χ2n) is 2.70. The molecule has 0 bridgehead atoms. The van der Waals surface area contributed by atoms with E-state index >= 15 is 0 Å². The van der Waals surface area contributed by atoms with Crippen molar-refractivity contribution in [3.05, 3.63) is 30.9 Å². The van der Waals surface area contributed by atoms with Gasteiger partial charge in [0, 0.05) is 0 Å². The molecule has 3 aromatic rings. The van der Waals surface area contributed by atoms with E-state index < -0.39 is 0 Å². The van der Waals surface area contributed by atoms with Crippen LogP contribution in [0.3, 0.4) is 0 Å². The first-order valence-corrected chi connectivity index (χ1v) is 3.84. The van der Waals surface area contributed by atoms with Crippen LogP contribution in [0, 0.1) is 0 Å². The molecule has 0 unspecified atom stereocenters. The first-order valence-electron chi connectivity index (χ1n) is 3.84. The molecule has 0 atom stereocenters. The van der Waals surface area contributed by atoms with Crippen LogP contribution in [0.2, 0.25) is 0 Å². The van der Waals surface area contributed by atoms with Gasteiger partial charge in [0.05, 0.1) is 23.4 Å². The van der Waals surface area contributed by atoms with Crippen molar-refractivity contribution in [1.82, 2.24) is 24.8 Å². The van der Waals surface area contributed by atoms with Gasteiger partial charge in [0.2, 0.25) is 0 Å². The molecular formula is C8H5N5. The zero-order valence-electron chi connectivity index (χ0n) is 6.62. The molecule has 0 aliphatic rings. The summed E-state index contributed by atoms with van der Waals surface area (Å²) in [6.45, 7) is 0. The molecule has 62 valence electrons. The predicted molar refractivity (Wildman–Crippen MR) is 46.1 cm³/mol. The standard InChI is InChI=1S/C8H5N5/c1-2-7-8(4-9-5-10-7)13-6(1)3-11-12-13/h1-5H. The number of fused-ring (bicyclic) bond motifs is 3. The molecular weight excluding hydrogens is 166 g/mol. The zero-order chi connectivity index (χ0) is 8.67. The van der Waals surface area contributed by atoms with Crippen molar-refractivity contribution in [3.8, 4) is 0 Å². The van der Waals surface area contributed by atoms with E-state index in [9.17, 15) is 0 Å². The van der Waals surface area contributed by atoms with Crippen molar-refractivity contribution in [2.24, 2.45) is 0 Å². The van der Waals surface area contributed by atoms with Gasteiger partial charge in [-0.05, 0) is 12.1 Å². The van der Waals surface area contributed by atoms with Crippen LogP contribution < -0.4 is 0 Å². The Morgan fingerprint density at radius 1 is 1.15 bits per heavy atom. The smallest absolute Gasteiger partial charge is 0.116 e. The fraction of sp³-hybridized carbons (Fsp3) is 0. The Kier molecular flexibility index (Phi) is 1.11. The molecule has 0 aliphatic heterocycles. The van der Waals surface area contributed by atoms with Crippen LogP contribution in [-0.2, 0) is 0 Å². The lowest BCUT2D eigenvalue weighted by Gasteiger charge is -1.96. The van der Waals surface area contributed by atoms with E-state index in [-0.39, 0.29) is 0 Å². The molecule has 0 radical (unpaired) electrons. The van der Waals surface area contributed by atoms with E-state index in [2.05, 4.69) is 20.3 Å². The first-order chi connectivity index (χ1) is 6.45. The maximum atomic E-state index is 4.11. The molecule has 0 aromatic carbocycles. The van der Waals surface area contributed by atoms with Gasteiger partial charge in [-0.15, -0.1) is 5.10 Å². The van der Waals surface area contributed by atoms with Gasteiger partial charge in [-0.2, -0.15) is 0 Å². The van der Waals surface area contributed by atoms with Gasteiger partial charge in [0.25, 0.3) is 0 Å². The number of hydrogen-bond donors (Lipinski definition) is 0. The Hall–Kier alpha value is -2.04. The second-order valence-corrected chi connectivity index (χ2v) is 2.70. The summed E-state index contributed by atoms with van der Waals surface area (Å²) in [4.78, 5) is 8.05. The molecule has 0 aliphatic carbocycles. The molecule has 0 fully saturated rings. The molecule has 5 heteroatoms. The number of nitrogens with zero attached hydrogens (tertiary/aromatic N) is 5. The molecule has 0 spiro atoms. The largest absolute Gasteiger partial charge is 0.243 e. The molecule has 0 saturated heterocycles. The van der Waals surface area contributed by atoms with E-state index in [4.69, 9.17) is 0 Å². The van der Waals surface area contributed by atoms with E-state index in [1.165, 1.54) is 6.33 Å². The lowest BCUT2D eigenvalue weighted by Crippen LogP contribution is -1.92. The third kappa shape index (κ3) is 0.807. The molecule has 0 amide bonds. The van der Waals surface area contributed by atoms with Crippen molar-refractivity contribution >= 4 is 16.6 Å². The van der Waals surface area contributed by atoms with Gasteiger partial charge in [-0.3, -0.25) is 0 Å². The Balaban J connectivity index is 2.65. The summed E-state index contributed by atoms with van der Waals surface area (Å²) in [5, 5.41) is 7.74. The summed E-state index contributed by atoms with van der Waals surface area (Å²) in [7, 11) is 0. The molecule has 3 heterocycles. The van der Waals surface area contributed by atoms with Crippen molar-refractivity contribution in [3.63, 3.8) is 0 Å². The number of pyridine rings is 1. The Bertz CT molecular complexity index is 571. The minimum Gasteiger partial charge on any atom is -0.243 e. The normalized spacial score (nSPS) is 11.1. The first kappa shape index (κ1) is 6.47. The van der Waals surface area contributed by atoms with E-state index in [0.29, 0.717) is 0 Å². The average molecular weight is 171 g/mol. The maximum absolute atomic E-state index is 4.11. The molecule has 13 heavy (non-hydrogen) atoms. The van der Waals surface area contributed by atoms with Gasteiger partial charge in [-0.25, -0.2) is 14.5 Å². The summed E-state index contributed by atoms with van der Waals surface area (Å²) in [6.07, 6.45) is 4.95. The fourth-order valence-corrected chi connectivity index (χ4v) is 1.33. The highest BCUT2D eigenvalue weighted by atomic mass is 15.4. The monoisotopic (exact) mass is 171 g/mol. The minimum absolute atomic E-state index is 0.869. The minimum atomic E-state index is 0.869. The number of aromatic nitrogens is 5. The van der Waals surface area contributed by atoms with Crippen molar-refractivity contribution in [2.75, 3.05) is 0 Å². The number of hydrogen-bond acceptors (Lipinski definition) is 4. The van der Waals surface area contributed by atoms with Crippen LogP contribution in [0.4, 0.5) is 0 Å². The van der Waals surface area contributed by atoms with Crippen LogP contribution in [0.25, 0.3) is 16.6 Å². The highest BCUT2D eigenvalue weighted by Gasteiger charge is 2.00. The fourth-order valence-electron chi connectivity index (χ4n) is 1.33. The quantitative estimate of drug-likeness (QED) is 0.499. The van der Waals surface area contributed by atoms with Gasteiger partial charge in [0.1, 0.15) is 11.8 Å². The van der Waals surface area contributed by atoms with Crippen LogP contribution in [0.1, 0.15) is 0 Å². The SMILES string of the molecule is c1ncc2c(ccc3cnnn32)n1. The van der Waals surface area contributed by atoms with Crippen LogP contribution in [-0.4, -0.2) is 24.8 Å². The Morgan fingerprint density at radius 2 is 2.15 bits per heavy atom. The van der Waals surface area contributed by atoms with Gasteiger partial charge in [-0.1, -0.05) is 5.21 Å². The maximum Gasteiger partial charge on any atom is 0.116 e. The van der Waals surface area contributed by atoms with Crippen molar-refractivity contribution in [1.29, 1.82) is 0 Å². The lowest BCUT2D eigenvalue weighted by atomic mass is 10.3. The summed E-state index contributed by atoms with van der Waals surface area (Å²) < 4.78 is 1.72. The molecule has 0 saturated carbocycles. The van der Waals surface area contributed by atoms with Crippen LogP contribution in [0.15, 0.2) is 30.9 Å². The van der Waals surface area contributed by atoms with E-state index in [1.54, 1.807) is 16.9 Å². The molecule has 3 rings (SSSR count). The highest BCUT2D eigenvalue weighted by Crippen LogP contribution is 2.10. The van der Waals surface area contributed by atoms with Gasteiger partial charge >= 0.3 is 0 Å². The average Bonchev–Trinajstić information content (AvgIpc) is 2.65. The predicted octanol–water partition coefficient (Wildman–Crippen LogP) is 0.672.